The van der Waals surface area contributed by atoms with Crippen molar-refractivity contribution < 1.29 is 86.6 Å². The molecule has 0 atom stereocenters. The molecular weight excluding hydrogens is 299 g/mol. The van der Waals surface area contributed by atoms with Crippen LogP contribution < -0.4 is 18.9 Å². The van der Waals surface area contributed by atoms with Crippen molar-refractivity contribution in [3.05, 3.63) is 0 Å². The predicted molar refractivity (Wildman–Crippen MR) is 26.3 cm³/mol. The summed E-state index contributed by atoms with van der Waals surface area (Å²) in [4.78, 5) is 31.0. The molecule has 0 amide bonds. The molecule has 0 fully saturated rings. The van der Waals surface area contributed by atoms with Gasteiger partial charge in [-0.3, -0.25) is 0 Å². The van der Waals surface area contributed by atoms with Gasteiger partial charge < -0.3 is 21.0 Å². The van der Waals surface area contributed by atoms with Crippen molar-refractivity contribution in [2.24, 2.45) is 0 Å². The molecule has 7 nitrogen and oxygen atoms in total. The van der Waals surface area contributed by atoms with Gasteiger partial charge in [0, 0.05) is 33.3 Å². The van der Waals surface area contributed by atoms with Crippen LogP contribution in [0, 0.1) is 0 Å². The number of hydrogen-bond donors (Lipinski definition) is 4. The van der Waals surface area contributed by atoms with Crippen molar-refractivity contribution in [3.63, 3.8) is 0 Å². The summed E-state index contributed by atoms with van der Waals surface area (Å²) in [5.41, 5.74) is 0. The van der Waals surface area contributed by atoms with E-state index in [9.17, 15) is 9.13 Å². The standard InChI is InChI=1S/Co.Li.Ni.H4O7P2.H/c;;;1-8(2,3)7-9(4,5)6;/h;;;(H2,1,2,3)(H2,4,5,6);/q;+1;;;-1. The molecule has 1 radical (unpaired) electrons. The van der Waals surface area contributed by atoms with Crippen molar-refractivity contribution in [1.82, 2.24) is 0 Å². The second-order valence-electron chi connectivity index (χ2n) is 1.06. The minimum Gasteiger partial charge on any atom is -1.00 e. The average Bonchev–Trinajstić information content (AvgIpc) is 1.14. The Morgan fingerprint density at radius 1 is 1.00 bits per heavy atom. The van der Waals surface area contributed by atoms with Gasteiger partial charge in [0.25, 0.3) is 0 Å². The monoisotopic (exact) mass is 303 g/mol. The average molecular weight is 304 g/mol. The number of phosphoric acid groups is 2. The van der Waals surface area contributed by atoms with Crippen LogP contribution in [0.15, 0.2) is 0 Å². The molecule has 12 heteroatoms. The van der Waals surface area contributed by atoms with Crippen LogP contribution >= 0.6 is 15.6 Å². The Hall–Kier alpha value is 1.86. The zero-order valence-electron chi connectivity index (χ0n) is 6.56. The molecule has 4 N–H and O–H groups in total. The third-order valence-electron chi connectivity index (χ3n) is 0.213. The van der Waals surface area contributed by atoms with Gasteiger partial charge in [-0.2, -0.15) is 4.31 Å². The van der Waals surface area contributed by atoms with E-state index in [2.05, 4.69) is 4.31 Å². The Balaban J connectivity index is -0.0000000533. The number of hydrogen-bond acceptors (Lipinski definition) is 3. The van der Waals surface area contributed by atoms with E-state index >= 15 is 0 Å². The van der Waals surface area contributed by atoms with E-state index in [0.717, 1.165) is 0 Å². The van der Waals surface area contributed by atoms with Crippen LogP contribution in [0.25, 0.3) is 0 Å². The second kappa shape index (κ2) is 8.19. The molecule has 0 aliphatic carbocycles. The van der Waals surface area contributed by atoms with Crippen molar-refractivity contribution in [3.8, 4) is 0 Å². The minimum atomic E-state index is -5.05. The maximum atomic E-state index is 9.63. The van der Waals surface area contributed by atoms with Gasteiger partial charge in [0.1, 0.15) is 0 Å². The van der Waals surface area contributed by atoms with Crippen LogP contribution in [-0.2, 0) is 46.7 Å². The molecule has 0 saturated heterocycles. The summed E-state index contributed by atoms with van der Waals surface area (Å²) in [5, 5.41) is 0. The fourth-order valence-electron chi connectivity index (χ4n) is 0.139. The molecule has 77 valence electrons. The molecule has 0 aromatic carbocycles. The quantitative estimate of drug-likeness (QED) is 0.306. The largest absolute Gasteiger partial charge is 1.00 e. The first kappa shape index (κ1) is 23.6. The summed E-state index contributed by atoms with van der Waals surface area (Å²) in [6.45, 7) is 0. The minimum absolute atomic E-state index is 0. The van der Waals surface area contributed by atoms with Crippen LogP contribution in [0.1, 0.15) is 1.43 Å². The zero-order valence-corrected chi connectivity index (χ0v) is 9.38. The first-order valence-corrected chi connectivity index (χ1v) is 4.59. The Morgan fingerprint density at radius 3 is 1.17 bits per heavy atom. The van der Waals surface area contributed by atoms with Gasteiger partial charge in [0.05, 0.1) is 0 Å². The Labute approximate surface area is 102 Å². The van der Waals surface area contributed by atoms with Crippen molar-refractivity contribution in [2.45, 2.75) is 0 Å². The summed E-state index contributed by atoms with van der Waals surface area (Å²) in [5.74, 6) is 0. The van der Waals surface area contributed by atoms with Crippen molar-refractivity contribution in [2.75, 3.05) is 0 Å². The zero-order chi connectivity index (χ0) is 7.71. The van der Waals surface area contributed by atoms with Gasteiger partial charge in [0.15, 0.2) is 0 Å². The van der Waals surface area contributed by atoms with Crippen LogP contribution in [0.4, 0.5) is 0 Å². The first-order chi connectivity index (χ1) is 3.71. The van der Waals surface area contributed by atoms with Gasteiger partial charge in [-0.1, -0.05) is 0 Å². The fraction of sp³-hybridized carbons (Fsp3) is 0. The topological polar surface area (TPSA) is 124 Å². The van der Waals surface area contributed by atoms with Crippen molar-refractivity contribution >= 4 is 15.6 Å². The molecule has 0 saturated carbocycles. The van der Waals surface area contributed by atoms with Crippen LogP contribution in [0.5, 0.6) is 0 Å². The molecule has 0 spiro atoms. The molecule has 0 aliphatic rings. The SMILES string of the molecule is O=P(O)(O)OP(=O)(O)O.[Co].[H-].[Li+].[Ni]. The van der Waals surface area contributed by atoms with E-state index in [1.807, 2.05) is 0 Å². The van der Waals surface area contributed by atoms with Gasteiger partial charge in [-0.25, -0.2) is 9.13 Å². The normalized spacial score (nSPS) is 10.3. The smallest absolute Gasteiger partial charge is 1.00 e. The van der Waals surface area contributed by atoms with E-state index in [1.165, 1.54) is 0 Å². The van der Waals surface area contributed by atoms with Crippen LogP contribution in [0.3, 0.4) is 0 Å². The van der Waals surface area contributed by atoms with Crippen molar-refractivity contribution in [1.29, 1.82) is 0 Å². The number of rotatable bonds is 2. The molecule has 0 rings (SSSR count). The van der Waals surface area contributed by atoms with E-state index in [0.29, 0.717) is 0 Å². The summed E-state index contributed by atoms with van der Waals surface area (Å²) in [6, 6.07) is 0. The fourth-order valence-corrected chi connectivity index (χ4v) is 1.25. The van der Waals surface area contributed by atoms with E-state index < -0.39 is 15.6 Å². The third kappa shape index (κ3) is 22.6. The Bertz CT molecular complexity index is 167. The molecule has 0 bridgehead atoms. The van der Waals surface area contributed by atoms with Gasteiger partial charge in [0.2, 0.25) is 0 Å². The van der Waals surface area contributed by atoms with Gasteiger partial charge in [-0.15, -0.1) is 0 Å². The Kier molecular flexibility index (Phi) is 16.1. The molecule has 0 unspecified atom stereocenters. The first-order valence-electron chi connectivity index (χ1n) is 1.53. The maximum absolute atomic E-state index is 9.63. The summed E-state index contributed by atoms with van der Waals surface area (Å²) >= 11 is 0. The van der Waals surface area contributed by atoms with Crippen LogP contribution in [0.2, 0.25) is 0 Å². The molecule has 0 aromatic heterocycles. The Morgan fingerprint density at radius 2 is 1.17 bits per heavy atom. The van der Waals surface area contributed by atoms with E-state index in [4.69, 9.17) is 19.6 Å². The van der Waals surface area contributed by atoms with E-state index in [-0.39, 0.29) is 53.6 Å². The second-order valence-corrected chi connectivity index (χ2v) is 3.68. The summed E-state index contributed by atoms with van der Waals surface area (Å²) in [7, 11) is -10.1. The van der Waals surface area contributed by atoms with Crippen LogP contribution in [-0.4, -0.2) is 19.6 Å². The molecule has 0 aromatic rings. The summed E-state index contributed by atoms with van der Waals surface area (Å²) in [6.07, 6.45) is 0. The molecule has 12 heavy (non-hydrogen) atoms. The molecular formula is H5CoLiNiO7P2. The van der Waals surface area contributed by atoms with Gasteiger partial charge >= 0.3 is 34.5 Å². The van der Waals surface area contributed by atoms with E-state index in [1.54, 1.807) is 0 Å². The maximum Gasteiger partial charge on any atom is 1.00 e. The van der Waals surface area contributed by atoms with Gasteiger partial charge in [-0.05, 0) is 0 Å². The summed E-state index contributed by atoms with van der Waals surface area (Å²) < 4.78 is 22.2. The molecule has 0 aliphatic heterocycles. The predicted octanol–water partition coefficient (Wildman–Crippen LogP) is -3.70. The molecule has 0 heterocycles. The third-order valence-corrected chi connectivity index (χ3v) is 1.91.